The first kappa shape index (κ1) is 21.3. The monoisotopic (exact) mass is 497 g/mol. The number of aromatic nitrogens is 2. The lowest BCUT2D eigenvalue weighted by molar-refractivity contribution is 0.0921. The summed E-state index contributed by atoms with van der Waals surface area (Å²) in [6.07, 6.45) is 5.13. The number of carbonyl (C=O) groups is 1. The number of thiazole rings is 1. The minimum absolute atomic E-state index is 0.231. The second-order valence-electron chi connectivity index (χ2n) is 6.73. The SMILES string of the molecule is O=C(NCCCc1nc(-c2ccncc2)cs1)c1ccc(COc2cccc(Br)c2)o1. The van der Waals surface area contributed by atoms with Crippen molar-refractivity contribution in [2.45, 2.75) is 19.4 Å². The molecule has 1 N–H and O–H groups in total. The van der Waals surface area contributed by atoms with Crippen molar-refractivity contribution < 1.29 is 13.9 Å². The number of ether oxygens (including phenoxy) is 1. The number of furan rings is 1. The van der Waals surface area contributed by atoms with E-state index in [1.54, 1.807) is 35.9 Å². The molecule has 1 amide bonds. The highest BCUT2D eigenvalue weighted by atomic mass is 79.9. The predicted octanol–water partition coefficient (Wildman–Crippen LogP) is 5.50. The summed E-state index contributed by atoms with van der Waals surface area (Å²) in [5, 5.41) is 5.98. The first-order valence-corrected chi connectivity index (χ1v) is 11.4. The van der Waals surface area contributed by atoms with Crippen LogP contribution in [0.2, 0.25) is 0 Å². The third-order valence-electron chi connectivity index (χ3n) is 4.44. The molecule has 158 valence electrons. The number of pyridine rings is 1. The van der Waals surface area contributed by atoms with Crippen LogP contribution >= 0.6 is 27.3 Å². The Morgan fingerprint density at radius 3 is 2.87 bits per heavy atom. The van der Waals surface area contributed by atoms with E-state index in [4.69, 9.17) is 9.15 Å². The average molecular weight is 498 g/mol. The van der Waals surface area contributed by atoms with E-state index in [1.165, 1.54) is 0 Å². The van der Waals surface area contributed by atoms with Crippen molar-refractivity contribution in [3.05, 3.63) is 87.3 Å². The number of hydrogen-bond acceptors (Lipinski definition) is 6. The largest absolute Gasteiger partial charge is 0.486 e. The fourth-order valence-corrected chi connectivity index (χ4v) is 4.13. The zero-order valence-electron chi connectivity index (χ0n) is 16.6. The van der Waals surface area contributed by atoms with Crippen LogP contribution in [0.15, 0.2) is 75.2 Å². The van der Waals surface area contributed by atoms with E-state index in [9.17, 15) is 4.79 Å². The Hall–Kier alpha value is -2.97. The van der Waals surface area contributed by atoms with E-state index in [-0.39, 0.29) is 18.3 Å². The van der Waals surface area contributed by atoms with Crippen molar-refractivity contribution in [2.24, 2.45) is 0 Å². The van der Waals surface area contributed by atoms with Crippen LogP contribution in [0, 0.1) is 0 Å². The van der Waals surface area contributed by atoms with Gasteiger partial charge in [0.25, 0.3) is 5.91 Å². The Morgan fingerprint density at radius 1 is 1.16 bits per heavy atom. The Labute approximate surface area is 192 Å². The average Bonchev–Trinajstić information content (AvgIpc) is 3.46. The van der Waals surface area contributed by atoms with Crippen molar-refractivity contribution in [3.8, 4) is 17.0 Å². The highest BCUT2D eigenvalue weighted by Gasteiger charge is 2.11. The standard InChI is InChI=1S/C23H20BrN3O3S/c24-17-3-1-4-18(13-17)29-14-19-6-7-21(30-19)23(28)26-10-2-5-22-27-20(15-31-22)16-8-11-25-12-9-16/h1,3-4,6-9,11-13,15H,2,5,10,14H2,(H,26,28). The van der Waals surface area contributed by atoms with Gasteiger partial charge >= 0.3 is 0 Å². The smallest absolute Gasteiger partial charge is 0.286 e. The zero-order chi connectivity index (χ0) is 21.5. The maximum atomic E-state index is 12.3. The van der Waals surface area contributed by atoms with E-state index in [0.29, 0.717) is 12.3 Å². The lowest BCUT2D eigenvalue weighted by Crippen LogP contribution is -2.24. The van der Waals surface area contributed by atoms with Crippen LogP contribution in [-0.4, -0.2) is 22.4 Å². The number of benzene rings is 1. The summed E-state index contributed by atoms with van der Waals surface area (Å²) in [6.45, 7) is 0.807. The number of aryl methyl sites for hydroxylation is 1. The van der Waals surface area contributed by atoms with Gasteiger partial charge in [-0.25, -0.2) is 4.98 Å². The molecule has 1 aromatic carbocycles. The minimum atomic E-state index is -0.231. The fourth-order valence-electron chi connectivity index (χ4n) is 2.90. The first-order chi connectivity index (χ1) is 15.2. The summed E-state index contributed by atoms with van der Waals surface area (Å²) in [5.41, 5.74) is 2.02. The molecule has 0 spiro atoms. The molecule has 0 aliphatic heterocycles. The van der Waals surface area contributed by atoms with E-state index in [1.807, 2.05) is 41.8 Å². The van der Waals surface area contributed by atoms with Gasteiger partial charge in [0.1, 0.15) is 18.1 Å². The van der Waals surface area contributed by atoms with Crippen LogP contribution in [0.25, 0.3) is 11.3 Å². The van der Waals surface area contributed by atoms with Gasteiger partial charge < -0.3 is 14.5 Å². The van der Waals surface area contributed by atoms with E-state index in [0.717, 1.165) is 39.3 Å². The van der Waals surface area contributed by atoms with Gasteiger partial charge in [0, 0.05) is 40.8 Å². The summed E-state index contributed by atoms with van der Waals surface area (Å²) in [7, 11) is 0. The van der Waals surface area contributed by atoms with Gasteiger partial charge in [0.2, 0.25) is 0 Å². The van der Waals surface area contributed by atoms with E-state index < -0.39 is 0 Å². The number of nitrogens with one attached hydrogen (secondary N) is 1. The second-order valence-corrected chi connectivity index (χ2v) is 8.59. The van der Waals surface area contributed by atoms with E-state index >= 15 is 0 Å². The molecule has 4 rings (SSSR count). The molecule has 0 aliphatic rings. The van der Waals surface area contributed by atoms with Gasteiger partial charge in [-0.05, 0) is 48.9 Å². The van der Waals surface area contributed by atoms with Gasteiger partial charge in [0.05, 0.1) is 10.7 Å². The summed E-state index contributed by atoms with van der Waals surface area (Å²) in [6, 6.07) is 14.9. The number of hydrogen-bond donors (Lipinski definition) is 1. The fraction of sp³-hybridized carbons (Fsp3) is 0.174. The van der Waals surface area contributed by atoms with E-state index in [2.05, 4.69) is 31.2 Å². The highest BCUT2D eigenvalue weighted by molar-refractivity contribution is 9.10. The number of rotatable bonds is 9. The quantitative estimate of drug-likeness (QED) is 0.309. The molecule has 0 atom stereocenters. The van der Waals surface area contributed by atoms with Gasteiger partial charge in [0.15, 0.2) is 5.76 Å². The number of amides is 1. The molecule has 3 heterocycles. The molecular weight excluding hydrogens is 478 g/mol. The molecule has 0 radical (unpaired) electrons. The Kier molecular flexibility index (Phi) is 7.11. The van der Waals surface area contributed by atoms with Crippen LogP contribution < -0.4 is 10.1 Å². The molecule has 4 aromatic rings. The van der Waals surface area contributed by atoms with Crippen LogP contribution in [0.1, 0.15) is 27.7 Å². The summed E-state index contributed by atoms with van der Waals surface area (Å²) < 4.78 is 12.2. The molecule has 6 nitrogen and oxygen atoms in total. The van der Waals surface area contributed by atoms with Crippen molar-refractivity contribution in [2.75, 3.05) is 6.54 Å². The summed E-state index contributed by atoms with van der Waals surface area (Å²) >= 11 is 5.03. The van der Waals surface area contributed by atoms with Crippen LogP contribution in [-0.2, 0) is 13.0 Å². The molecule has 0 unspecified atom stereocenters. The van der Waals surface area contributed by atoms with Crippen LogP contribution in [0.5, 0.6) is 5.75 Å². The van der Waals surface area contributed by atoms with Crippen molar-refractivity contribution in [1.29, 1.82) is 0 Å². The molecular formula is C23H20BrN3O3S. The van der Waals surface area contributed by atoms with Gasteiger partial charge in [-0.1, -0.05) is 22.0 Å². The minimum Gasteiger partial charge on any atom is -0.486 e. The third-order valence-corrected chi connectivity index (χ3v) is 5.85. The third kappa shape index (κ3) is 6.02. The van der Waals surface area contributed by atoms with Gasteiger partial charge in [-0.3, -0.25) is 9.78 Å². The molecule has 0 saturated carbocycles. The normalized spacial score (nSPS) is 10.7. The lowest BCUT2D eigenvalue weighted by Gasteiger charge is -2.04. The molecule has 0 saturated heterocycles. The highest BCUT2D eigenvalue weighted by Crippen LogP contribution is 2.22. The topological polar surface area (TPSA) is 77.2 Å². The molecule has 8 heteroatoms. The molecule has 0 fully saturated rings. The molecule has 0 aliphatic carbocycles. The number of halogens is 1. The predicted molar refractivity (Wildman–Crippen MR) is 123 cm³/mol. The number of carbonyl (C=O) groups excluding carboxylic acids is 1. The van der Waals surface area contributed by atoms with Crippen molar-refractivity contribution >= 4 is 33.2 Å². The molecule has 0 bridgehead atoms. The van der Waals surface area contributed by atoms with Crippen LogP contribution in [0.3, 0.4) is 0 Å². The number of nitrogens with zero attached hydrogens (tertiary/aromatic N) is 2. The lowest BCUT2D eigenvalue weighted by atomic mass is 10.2. The summed E-state index contributed by atoms with van der Waals surface area (Å²) in [4.78, 5) is 21.0. The Balaban J connectivity index is 1.20. The van der Waals surface area contributed by atoms with Gasteiger partial charge in [-0.15, -0.1) is 11.3 Å². The van der Waals surface area contributed by atoms with Gasteiger partial charge in [-0.2, -0.15) is 0 Å². The maximum absolute atomic E-state index is 12.3. The molecule has 3 aromatic heterocycles. The zero-order valence-corrected chi connectivity index (χ0v) is 19.0. The summed E-state index contributed by atoms with van der Waals surface area (Å²) in [5.74, 6) is 1.37. The molecule has 31 heavy (non-hydrogen) atoms. The van der Waals surface area contributed by atoms with Crippen molar-refractivity contribution in [1.82, 2.24) is 15.3 Å². The first-order valence-electron chi connectivity index (χ1n) is 9.77. The Bertz CT molecular complexity index is 1140. The van der Waals surface area contributed by atoms with Crippen LogP contribution in [0.4, 0.5) is 0 Å². The second kappa shape index (κ2) is 10.4. The van der Waals surface area contributed by atoms with Crippen molar-refractivity contribution in [3.63, 3.8) is 0 Å². The Morgan fingerprint density at radius 2 is 2.03 bits per heavy atom. The maximum Gasteiger partial charge on any atom is 0.286 e.